The molecule has 2 heterocycles. The molecule has 0 radical (unpaired) electrons. The van der Waals surface area contributed by atoms with Gasteiger partial charge in [-0.2, -0.15) is 20.0 Å². The second kappa shape index (κ2) is 6.45. The standard InChI is InChI=1S/C15H29N7O/c1-6-7-23-22-14(2,3)8-10(9-15(22,4)5)18-13-20-11(16)19-12(17)21-13/h10H,6-9H2,1-5H3,(H5,16,17,18,19,20,21). The van der Waals surface area contributed by atoms with E-state index >= 15 is 0 Å². The fourth-order valence-corrected chi connectivity index (χ4v) is 3.55. The van der Waals surface area contributed by atoms with Crippen LogP contribution in [0.4, 0.5) is 17.8 Å². The molecule has 1 aromatic heterocycles. The molecule has 1 aliphatic rings. The number of hydroxylamine groups is 2. The molecule has 8 nitrogen and oxygen atoms in total. The van der Waals surface area contributed by atoms with Crippen LogP contribution >= 0.6 is 0 Å². The van der Waals surface area contributed by atoms with Crippen LogP contribution < -0.4 is 16.8 Å². The summed E-state index contributed by atoms with van der Waals surface area (Å²) in [6, 6.07) is 0.197. The molecule has 0 spiro atoms. The zero-order chi connectivity index (χ0) is 17.3. The second-order valence-corrected chi connectivity index (χ2v) is 7.38. The van der Waals surface area contributed by atoms with Crippen molar-refractivity contribution >= 4 is 17.8 Å². The zero-order valence-electron chi connectivity index (χ0n) is 14.8. The van der Waals surface area contributed by atoms with Gasteiger partial charge in [0.1, 0.15) is 0 Å². The molecular weight excluding hydrogens is 294 g/mol. The van der Waals surface area contributed by atoms with Crippen molar-refractivity contribution in [3.05, 3.63) is 0 Å². The molecule has 0 unspecified atom stereocenters. The van der Waals surface area contributed by atoms with E-state index in [1.807, 2.05) is 0 Å². The number of piperidine rings is 1. The minimum atomic E-state index is -0.112. The summed E-state index contributed by atoms with van der Waals surface area (Å²) in [5.74, 6) is 0.680. The van der Waals surface area contributed by atoms with Crippen molar-refractivity contribution in [3.8, 4) is 0 Å². The van der Waals surface area contributed by atoms with Crippen LogP contribution in [-0.2, 0) is 4.84 Å². The maximum Gasteiger partial charge on any atom is 0.229 e. The smallest absolute Gasteiger partial charge is 0.229 e. The summed E-state index contributed by atoms with van der Waals surface area (Å²) in [4.78, 5) is 18.0. The lowest BCUT2D eigenvalue weighted by Gasteiger charge is -2.53. The van der Waals surface area contributed by atoms with Crippen molar-refractivity contribution in [2.24, 2.45) is 0 Å². The highest BCUT2D eigenvalue weighted by molar-refractivity contribution is 5.38. The van der Waals surface area contributed by atoms with Crippen LogP contribution in [0.5, 0.6) is 0 Å². The normalized spacial score (nSPS) is 21.3. The molecule has 0 aliphatic carbocycles. The highest BCUT2D eigenvalue weighted by atomic mass is 16.7. The van der Waals surface area contributed by atoms with Gasteiger partial charge < -0.3 is 16.8 Å². The fourth-order valence-electron chi connectivity index (χ4n) is 3.55. The lowest BCUT2D eigenvalue weighted by Crippen LogP contribution is -2.62. The molecule has 1 aromatic rings. The molecule has 0 bridgehead atoms. The number of anilines is 3. The largest absolute Gasteiger partial charge is 0.368 e. The Bertz CT molecular complexity index is 508. The first-order valence-corrected chi connectivity index (χ1v) is 8.11. The van der Waals surface area contributed by atoms with Crippen LogP contribution in [0.25, 0.3) is 0 Å². The first-order chi connectivity index (χ1) is 10.6. The van der Waals surface area contributed by atoms with Gasteiger partial charge in [0.25, 0.3) is 0 Å². The van der Waals surface area contributed by atoms with Gasteiger partial charge in [0.2, 0.25) is 17.8 Å². The van der Waals surface area contributed by atoms with E-state index in [0.717, 1.165) is 25.9 Å². The topological polar surface area (TPSA) is 115 Å². The number of rotatable bonds is 5. The first kappa shape index (κ1) is 17.7. The van der Waals surface area contributed by atoms with E-state index in [2.05, 4.69) is 60.0 Å². The van der Waals surface area contributed by atoms with E-state index in [1.165, 1.54) is 0 Å². The average Bonchev–Trinajstić information content (AvgIpc) is 2.34. The van der Waals surface area contributed by atoms with Gasteiger partial charge in [-0.3, -0.25) is 4.84 Å². The second-order valence-electron chi connectivity index (χ2n) is 7.38. The van der Waals surface area contributed by atoms with E-state index in [-0.39, 0.29) is 29.0 Å². The summed E-state index contributed by atoms with van der Waals surface area (Å²) in [7, 11) is 0. The Hall–Kier alpha value is -1.67. The van der Waals surface area contributed by atoms with Crippen LogP contribution in [0.3, 0.4) is 0 Å². The van der Waals surface area contributed by atoms with Crippen LogP contribution in [0, 0.1) is 0 Å². The van der Waals surface area contributed by atoms with Gasteiger partial charge >= 0.3 is 0 Å². The Morgan fingerprint density at radius 2 is 1.61 bits per heavy atom. The number of nitrogens with one attached hydrogen (secondary N) is 1. The van der Waals surface area contributed by atoms with Crippen molar-refractivity contribution in [2.75, 3.05) is 23.4 Å². The fraction of sp³-hybridized carbons (Fsp3) is 0.800. The molecule has 23 heavy (non-hydrogen) atoms. The number of aromatic nitrogens is 3. The predicted octanol–water partition coefficient (Wildman–Crippen LogP) is 1.81. The number of hydrogen-bond acceptors (Lipinski definition) is 8. The molecule has 2 rings (SSSR count). The quantitative estimate of drug-likeness (QED) is 0.751. The van der Waals surface area contributed by atoms with Crippen LogP contribution in [-0.4, -0.2) is 43.7 Å². The third-order valence-corrected chi connectivity index (χ3v) is 4.02. The summed E-state index contributed by atoms with van der Waals surface area (Å²) in [5.41, 5.74) is 11.1. The maximum atomic E-state index is 6.02. The lowest BCUT2D eigenvalue weighted by molar-refractivity contribution is -0.281. The number of hydrogen-bond donors (Lipinski definition) is 3. The third kappa shape index (κ3) is 4.20. The van der Waals surface area contributed by atoms with E-state index in [1.54, 1.807) is 0 Å². The summed E-state index contributed by atoms with van der Waals surface area (Å²) in [6.45, 7) is 11.6. The highest BCUT2D eigenvalue weighted by Crippen LogP contribution is 2.39. The van der Waals surface area contributed by atoms with E-state index < -0.39 is 0 Å². The average molecular weight is 323 g/mol. The molecule has 8 heteroatoms. The molecule has 5 N–H and O–H groups in total. The molecular formula is C15H29N7O. The highest BCUT2D eigenvalue weighted by Gasteiger charge is 2.46. The summed E-state index contributed by atoms with van der Waals surface area (Å²) >= 11 is 0. The predicted molar refractivity (Wildman–Crippen MR) is 91.5 cm³/mol. The Morgan fingerprint density at radius 3 is 2.09 bits per heavy atom. The van der Waals surface area contributed by atoms with Gasteiger partial charge in [0.15, 0.2) is 0 Å². The van der Waals surface area contributed by atoms with Crippen LogP contribution in [0.15, 0.2) is 0 Å². The van der Waals surface area contributed by atoms with E-state index in [9.17, 15) is 0 Å². The van der Waals surface area contributed by atoms with E-state index in [4.69, 9.17) is 16.3 Å². The van der Waals surface area contributed by atoms with Gasteiger partial charge in [0, 0.05) is 17.1 Å². The molecule has 130 valence electrons. The molecule has 1 saturated heterocycles. The van der Waals surface area contributed by atoms with Crippen molar-refractivity contribution in [1.82, 2.24) is 20.0 Å². The summed E-state index contributed by atoms with van der Waals surface area (Å²) in [5, 5.41) is 5.48. The van der Waals surface area contributed by atoms with Gasteiger partial charge in [-0.15, -0.1) is 0 Å². The Balaban J connectivity index is 2.14. The molecule has 0 amide bonds. The molecule has 1 fully saturated rings. The van der Waals surface area contributed by atoms with Gasteiger partial charge in [0.05, 0.1) is 6.61 Å². The van der Waals surface area contributed by atoms with Crippen molar-refractivity contribution in [2.45, 2.75) is 71.0 Å². The van der Waals surface area contributed by atoms with Gasteiger partial charge in [-0.05, 0) is 47.0 Å². The van der Waals surface area contributed by atoms with Crippen molar-refractivity contribution in [3.63, 3.8) is 0 Å². The molecule has 1 aliphatic heterocycles. The number of nitrogens with two attached hydrogens (primary N) is 2. The number of nitrogen functional groups attached to an aromatic ring is 2. The van der Waals surface area contributed by atoms with E-state index in [0.29, 0.717) is 5.95 Å². The third-order valence-electron chi connectivity index (χ3n) is 4.02. The Kier molecular flexibility index (Phi) is 4.95. The number of nitrogens with zero attached hydrogens (tertiary/aromatic N) is 4. The Labute approximate surface area is 138 Å². The Morgan fingerprint density at radius 1 is 1.09 bits per heavy atom. The first-order valence-electron chi connectivity index (χ1n) is 8.11. The lowest BCUT2D eigenvalue weighted by atomic mass is 9.79. The summed E-state index contributed by atoms with van der Waals surface area (Å²) < 4.78 is 0. The van der Waals surface area contributed by atoms with Crippen molar-refractivity contribution in [1.29, 1.82) is 0 Å². The van der Waals surface area contributed by atoms with Gasteiger partial charge in [-0.1, -0.05) is 6.92 Å². The minimum Gasteiger partial charge on any atom is -0.368 e. The van der Waals surface area contributed by atoms with Crippen LogP contribution in [0.2, 0.25) is 0 Å². The van der Waals surface area contributed by atoms with Crippen molar-refractivity contribution < 1.29 is 4.84 Å². The molecule has 0 aromatic carbocycles. The maximum absolute atomic E-state index is 6.02. The molecule has 0 atom stereocenters. The SMILES string of the molecule is CCCON1C(C)(C)CC(Nc2nc(N)nc(N)n2)CC1(C)C. The van der Waals surface area contributed by atoms with Crippen LogP contribution in [0.1, 0.15) is 53.9 Å². The van der Waals surface area contributed by atoms with Gasteiger partial charge in [-0.25, -0.2) is 0 Å². The minimum absolute atomic E-state index is 0.112. The zero-order valence-corrected chi connectivity index (χ0v) is 14.8. The monoisotopic (exact) mass is 323 g/mol. The molecule has 0 saturated carbocycles. The summed E-state index contributed by atoms with van der Waals surface area (Å²) in [6.07, 6.45) is 2.78.